The summed E-state index contributed by atoms with van der Waals surface area (Å²) < 4.78 is 13.6. The number of aromatic nitrogens is 2. The molecule has 1 amide bonds. The number of piperazine rings is 1. The van der Waals surface area contributed by atoms with Gasteiger partial charge >= 0.3 is 0 Å². The monoisotopic (exact) mass is 328 g/mol. The number of fused-ring (bicyclic) bond motifs is 1. The molecule has 0 radical (unpaired) electrons. The molecule has 6 heteroatoms. The molecule has 2 atom stereocenters. The number of carbonyl (C=O) groups excluding carboxylic acids is 1. The Balaban J connectivity index is 1.55. The highest BCUT2D eigenvalue weighted by Crippen LogP contribution is 2.30. The normalized spacial score (nSPS) is 23.8. The van der Waals surface area contributed by atoms with E-state index >= 15 is 0 Å². The number of halogens is 1. The number of hydrogen-bond donors (Lipinski definition) is 2. The molecule has 126 valence electrons. The lowest BCUT2D eigenvalue weighted by molar-refractivity contribution is -0.139. The maximum atomic E-state index is 13.6. The minimum Gasteiger partial charge on any atom is -0.333 e. The zero-order chi connectivity index (χ0) is 16.5. The van der Waals surface area contributed by atoms with Crippen LogP contribution < -0.4 is 5.32 Å². The van der Waals surface area contributed by atoms with E-state index < -0.39 is 0 Å². The fourth-order valence-corrected chi connectivity index (χ4v) is 3.83. The highest BCUT2D eigenvalue weighted by molar-refractivity contribution is 5.80. The van der Waals surface area contributed by atoms with Gasteiger partial charge in [0, 0.05) is 37.7 Å². The molecule has 2 aliphatic rings. The summed E-state index contributed by atoms with van der Waals surface area (Å²) >= 11 is 0. The van der Waals surface area contributed by atoms with Crippen molar-refractivity contribution in [2.45, 2.75) is 25.3 Å². The molecule has 0 spiro atoms. The van der Waals surface area contributed by atoms with Crippen LogP contribution in [0.25, 0.3) is 0 Å². The second kappa shape index (κ2) is 6.36. The van der Waals surface area contributed by atoms with Crippen molar-refractivity contribution in [1.29, 1.82) is 0 Å². The quantitative estimate of drug-likeness (QED) is 0.884. The van der Waals surface area contributed by atoms with E-state index in [1.807, 2.05) is 17.2 Å². The Morgan fingerprint density at radius 3 is 3.17 bits per heavy atom. The third kappa shape index (κ3) is 2.82. The van der Waals surface area contributed by atoms with E-state index in [1.54, 1.807) is 6.07 Å². The van der Waals surface area contributed by atoms with Crippen LogP contribution in [0, 0.1) is 11.7 Å². The van der Waals surface area contributed by atoms with Gasteiger partial charge in [-0.3, -0.25) is 9.89 Å². The van der Waals surface area contributed by atoms with Gasteiger partial charge in [0.05, 0.1) is 12.2 Å². The summed E-state index contributed by atoms with van der Waals surface area (Å²) in [7, 11) is 0. The van der Waals surface area contributed by atoms with E-state index in [-0.39, 0.29) is 23.7 Å². The van der Waals surface area contributed by atoms with Crippen molar-refractivity contribution >= 4 is 5.91 Å². The van der Waals surface area contributed by atoms with Crippen molar-refractivity contribution in [3.05, 3.63) is 53.1 Å². The second-order valence-corrected chi connectivity index (χ2v) is 6.62. The molecule has 1 aromatic heterocycles. The fraction of sp³-hybridized carbons (Fsp3) is 0.444. The molecule has 1 aliphatic heterocycles. The highest BCUT2D eigenvalue weighted by atomic mass is 19.1. The molecule has 2 unspecified atom stereocenters. The zero-order valence-corrected chi connectivity index (χ0v) is 13.5. The summed E-state index contributed by atoms with van der Waals surface area (Å²) in [5, 5.41) is 10.4. The maximum absolute atomic E-state index is 13.6. The summed E-state index contributed by atoms with van der Waals surface area (Å²) in [6.07, 6.45) is 4.31. The van der Waals surface area contributed by atoms with Crippen LogP contribution in [0.2, 0.25) is 0 Å². The Morgan fingerprint density at radius 2 is 2.29 bits per heavy atom. The predicted molar refractivity (Wildman–Crippen MR) is 87.8 cm³/mol. The van der Waals surface area contributed by atoms with Gasteiger partial charge in [-0.25, -0.2) is 4.39 Å². The van der Waals surface area contributed by atoms with Crippen molar-refractivity contribution in [3.8, 4) is 0 Å². The Morgan fingerprint density at radius 1 is 1.38 bits per heavy atom. The number of nitrogens with one attached hydrogen (secondary N) is 2. The molecular weight excluding hydrogens is 307 g/mol. The number of aryl methyl sites for hydroxylation is 1. The van der Waals surface area contributed by atoms with Crippen molar-refractivity contribution in [2.75, 3.05) is 19.6 Å². The highest BCUT2D eigenvalue weighted by Gasteiger charge is 2.34. The number of carbonyl (C=O) groups is 1. The van der Waals surface area contributed by atoms with Gasteiger partial charge in [-0.1, -0.05) is 12.1 Å². The molecule has 1 aliphatic carbocycles. The van der Waals surface area contributed by atoms with Crippen LogP contribution in [0.4, 0.5) is 4.39 Å². The smallest absolute Gasteiger partial charge is 0.226 e. The van der Waals surface area contributed by atoms with Crippen molar-refractivity contribution in [1.82, 2.24) is 20.4 Å². The van der Waals surface area contributed by atoms with Crippen LogP contribution in [-0.4, -0.2) is 40.6 Å². The maximum Gasteiger partial charge on any atom is 0.226 e. The first-order valence-corrected chi connectivity index (χ1v) is 8.50. The molecule has 24 heavy (non-hydrogen) atoms. The number of hydrogen-bond acceptors (Lipinski definition) is 3. The van der Waals surface area contributed by atoms with E-state index in [0.29, 0.717) is 19.5 Å². The van der Waals surface area contributed by atoms with Gasteiger partial charge in [-0.2, -0.15) is 5.10 Å². The van der Waals surface area contributed by atoms with E-state index in [0.717, 1.165) is 30.6 Å². The van der Waals surface area contributed by atoms with Gasteiger partial charge in [0.15, 0.2) is 0 Å². The van der Waals surface area contributed by atoms with Crippen LogP contribution in [0.1, 0.15) is 29.3 Å². The third-order valence-corrected chi connectivity index (χ3v) is 5.13. The number of amides is 1. The minimum atomic E-state index is -0.259. The average molecular weight is 328 g/mol. The number of H-pyrrole nitrogens is 1. The molecule has 2 N–H and O–H groups in total. The standard InChI is InChI=1S/C18H21FN4O/c19-15-3-1-2-12(8-15)17-11-20-6-7-23(17)18(24)13-4-5-14-10-21-22-16(14)9-13/h1-3,8,10,13,17,20H,4-7,9,11H2,(H,21,22). The summed E-state index contributed by atoms with van der Waals surface area (Å²) in [5.41, 5.74) is 3.16. The van der Waals surface area contributed by atoms with Crippen molar-refractivity contribution in [2.24, 2.45) is 5.92 Å². The van der Waals surface area contributed by atoms with Gasteiger partial charge in [-0.05, 0) is 36.1 Å². The number of aromatic amines is 1. The second-order valence-electron chi connectivity index (χ2n) is 6.62. The first-order chi connectivity index (χ1) is 11.7. The minimum absolute atomic E-state index is 0.0212. The van der Waals surface area contributed by atoms with Crippen LogP contribution in [0.3, 0.4) is 0 Å². The summed E-state index contributed by atoms with van der Waals surface area (Å²) in [6, 6.07) is 6.47. The van der Waals surface area contributed by atoms with E-state index in [1.165, 1.54) is 17.7 Å². The summed E-state index contributed by atoms with van der Waals surface area (Å²) in [5.74, 6) is -0.108. The van der Waals surface area contributed by atoms with Gasteiger partial charge in [0.1, 0.15) is 5.82 Å². The lowest BCUT2D eigenvalue weighted by atomic mass is 9.86. The molecule has 1 saturated heterocycles. The van der Waals surface area contributed by atoms with E-state index in [2.05, 4.69) is 15.5 Å². The SMILES string of the molecule is O=C(C1CCc2cn[nH]c2C1)N1CCNCC1c1cccc(F)c1. The third-order valence-electron chi connectivity index (χ3n) is 5.13. The lowest BCUT2D eigenvalue weighted by Crippen LogP contribution is -2.51. The molecule has 5 nitrogen and oxygen atoms in total. The van der Waals surface area contributed by atoms with Crippen molar-refractivity contribution < 1.29 is 9.18 Å². The van der Waals surface area contributed by atoms with Crippen LogP contribution in [0.5, 0.6) is 0 Å². The first kappa shape index (κ1) is 15.3. The zero-order valence-electron chi connectivity index (χ0n) is 13.5. The van der Waals surface area contributed by atoms with Gasteiger partial charge in [0.25, 0.3) is 0 Å². The number of nitrogens with zero attached hydrogens (tertiary/aromatic N) is 2. The topological polar surface area (TPSA) is 61.0 Å². The lowest BCUT2D eigenvalue weighted by Gasteiger charge is -2.39. The summed E-state index contributed by atoms with van der Waals surface area (Å²) in [6.45, 7) is 2.10. The Labute approximate surface area is 140 Å². The molecule has 2 aromatic rings. The average Bonchev–Trinajstić information content (AvgIpc) is 3.09. The molecule has 0 bridgehead atoms. The van der Waals surface area contributed by atoms with Gasteiger partial charge in [0.2, 0.25) is 5.91 Å². The van der Waals surface area contributed by atoms with E-state index in [9.17, 15) is 9.18 Å². The van der Waals surface area contributed by atoms with Crippen LogP contribution >= 0.6 is 0 Å². The first-order valence-electron chi connectivity index (χ1n) is 8.50. The van der Waals surface area contributed by atoms with Crippen LogP contribution in [0.15, 0.2) is 30.5 Å². The Kier molecular flexibility index (Phi) is 4.06. The molecular formula is C18H21FN4O. The number of benzene rings is 1. The van der Waals surface area contributed by atoms with Gasteiger partial charge < -0.3 is 10.2 Å². The molecule has 4 rings (SSSR count). The molecule has 1 fully saturated rings. The Hall–Kier alpha value is -2.21. The fourth-order valence-electron chi connectivity index (χ4n) is 3.83. The van der Waals surface area contributed by atoms with Crippen molar-refractivity contribution in [3.63, 3.8) is 0 Å². The molecule has 0 saturated carbocycles. The largest absolute Gasteiger partial charge is 0.333 e. The van der Waals surface area contributed by atoms with Crippen LogP contribution in [-0.2, 0) is 17.6 Å². The number of rotatable bonds is 2. The summed E-state index contributed by atoms with van der Waals surface area (Å²) in [4.78, 5) is 15.1. The van der Waals surface area contributed by atoms with Gasteiger partial charge in [-0.15, -0.1) is 0 Å². The molecule has 1 aromatic carbocycles. The Bertz CT molecular complexity index is 744. The molecule has 2 heterocycles. The predicted octanol–water partition coefficient (Wildman–Crippen LogP) is 1.83. The van der Waals surface area contributed by atoms with E-state index in [4.69, 9.17) is 0 Å².